The van der Waals surface area contributed by atoms with E-state index in [1.807, 2.05) is 36.5 Å². The number of nitrogens with one attached hydrogen (secondary N) is 1. The smallest absolute Gasteiger partial charge is 0.0533 e. The second-order valence-electron chi connectivity index (χ2n) is 8.30. The first-order valence-electron chi connectivity index (χ1n) is 11.4. The molecule has 0 aliphatic carbocycles. The maximum absolute atomic E-state index is 4.43. The van der Waals surface area contributed by atoms with Crippen molar-refractivity contribution in [2.45, 2.75) is 13.8 Å². The van der Waals surface area contributed by atoms with Crippen LogP contribution in [-0.4, -0.2) is 0 Å². The molecule has 0 saturated carbocycles. The van der Waals surface area contributed by atoms with E-state index in [-0.39, 0.29) is 0 Å². The molecule has 168 valence electrons. The molecule has 0 spiro atoms. The summed E-state index contributed by atoms with van der Waals surface area (Å²) in [4.78, 5) is 2.09. The van der Waals surface area contributed by atoms with Crippen molar-refractivity contribution in [3.63, 3.8) is 0 Å². The van der Waals surface area contributed by atoms with Crippen LogP contribution in [0.15, 0.2) is 129 Å². The zero-order chi connectivity index (χ0) is 23.9. The van der Waals surface area contributed by atoms with Gasteiger partial charge in [0.1, 0.15) is 0 Å². The van der Waals surface area contributed by atoms with E-state index >= 15 is 0 Å². The summed E-state index contributed by atoms with van der Waals surface area (Å²) in [6.07, 6.45) is 4.00. The monoisotopic (exact) mass is 442 g/mol. The third kappa shape index (κ3) is 5.19. The zero-order valence-electron chi connectivity index (χ0n) is 19.8. The molecular weight excluding hydrogens is 412 g/mol. The Labute approximate surface area is 203 Å². The van der Waals surface area contributed by atoms with Gasteiger partial charge in [0.25, 0.3) is 0 Å². The Kier molecular flexibility index (Phi) is 7.10. The Bertz CT molecular complexity index is 1330. The SMILES string of the molecule is C=CN(c1ccccc1)c1ccccc1C(=C)/C=C(\C)c1ccccc1Nc1cccc(C)c1. The van der Waals surface area contributed by atoms with Crippen molar-refractivity contribution in [3.05, 3.63) is 145 Å². The first-order chi connectivity index (χ1) is 16.6. The lowest BCUT2D eigenvalue weighted by Crippen LogP contribution is -2.09. The maximum Gasteiger partial charge on any atom is 0.0533 e. The molecule has 4 aromatic rings. The Morgan fingerprint density at radius 3 is 2.21 bits per heavy atom. The summed E-state index contributed by atoms with van der Waals surface area (Å²) >= 11 is 0. The van der Waals surface area contributed by atoms with Gasteiger partial charge in [-0.3, -0.25) is 0 Å². The van der Waals surface area contributed by atoms with Gasteiger partial charge in [-0.25, -0.2) is 0 Å². The third-order valence-electron chi connectivity index (χ3n) is 5.77. The first-order valence-corrected chi connectivity index (χ1v) is 11.4. The van der Waals surface area contributed by atoms with Gasteiger partial charge >= 0.3 is 0 Å². The normalized spacial score (nSPS) is 11.1. The first kappa shape index (κ1) is 22.9. The summed E-state index contributed by atoms with van der Waals surface area (Å²) in [6.45, 7) is 12.7. The molecule has 2 nitrogen and oxygen atoms in total. The van der Waals surface area contributed by atoms with Gasteiger partial charge in [0.05, 0.1) is 5.69 Å². The molecule has 0 aliphatic rings. The number of nitrogens with zero attached hydrogens (tertiary/aromatic N) is 1. The van der Waals surface area contributed by atoms with Gasteiger partial charge in [-0.1, -0.05) is 86.0 Å². The molecule has 0 aromatic heterocycles. The minimum Gasteiger partial charge on any atom is -0.355 e. The number of hydrogen-bond acceptors (Lipinski definition) is 2. The summed E-state index contributed by atoms with van der Waals surface area (Å²) < 4.78 is 0. The van der Waals surface area contributed by atoms with Gasteiger partial charge in [0.15, 0.2) is 0 Å². The van der Waals surface area contributed by atoms with Crippen LogP contribution in [0.5, 0.6) is 0 Å². The van der Waals surface area contributed by atoms with Gasteiger partial charge in [0.2, 0.25) is 0 Å². The molecule has 0 aliphatic heterocycles. The summed E-state index contributed by atoms with van der Waals surface area (Å²) in [5, 5.41) is 3.58. The van der Waals surface area contributed by atoms with E-state index in [1.165, 1.54) is 5.56 Å². The Balaban J connectivity index is 1.67. The fraction of sp³-hybridized carbons (Fsp3) is 0.0625. The number of hydrogen-bond donors (Lipinski definition) is 1. The second kappa shape index (κ2) is 10.5. The van der Waals surface area contributed by atoms with Gasteiger partial charge in [0, 0.05) is 34.4 Å². The third-order valence-corrected chi connectivity index (χ3v) is 5.77. The number of allylic oxidation sites excluding steroid dienone is 3. The van der Waals surface area contributed by atoms with Crippen LogP contribution in [0.4, 0.5) is 22.7 Å². The van der Waals surface area contributed by atoms with Crippen molar-refractivity contribution in [2.24, 2.45) is 0 Å². The van der Waals surface area contributed by atoms with Crippen molar-refractivity contribution in [3.8, 4) is 0 Å². The number of benzene rings is 4. The molecule has 1 N–H and O–H groups in total. The van der Waals surface area contributed by atoms with Crippen molar-refractivity contribution >= 4 is 33.9 Å². The highest BCUT2D eigenvalue weighted by Crippen LogP contribution is 2.35. The number of rotatable bonds is 8. The van der Waals surface area contributed by atoms with Gasteiger partial charge in [-0.05, 0) is 67.0 Å². The summed E-state index contributed by atoms with van der Waals surface area (Å²) in [6, 6.07) is 35.3. The standard InChI is InChI=1S/C32H30N2/c1-5-34(28-16-7-6-8-17-28)32-21-12-10-19-30(32)26(4)23-25(3)29-18-9-11-20-31(29)33-27-15-13-14-24(2)22-27/h5-23,33H,1,4H2,2-3H3/b25-23+. The van der Waals surface area contributed by atoms with Crippen LogP contribution in [0.1, 0.15) is 23.6 Å². The van der Waals surface area contributed by atoms with Crippen LogP contribution in [0.3, 0.4) is 0 Å². The molecule has 0 radical (unpaired) electrons. The number of anilines is 4. The summed E-state index contributed by atoms with van der Waals surface area (Å²) in [7, 11) is 0. The molecule has 0 fully saturated rings. The van der Waals surface area contributed by atoms with Crippen LogP contribution >= 0.6 is 0 Å². The molecule has 34 heavy (non-hydrogen) atoms. The van der Waals surface area contributed by atoms with Crippen LogP contribution in [-0.2, 0) is 0 Å². The minimum absolute atomic E-state index is 0.946. The van der Waals surface area contributed by atoms with E-state index in [0.717, 1.165) is 45.0 Å². The van der Waals surface area contributed by atoms with E-state index in [0.29, 0.717) is 0 Å². The van der Waals surface area contributed by atoms with Crippen LogP contribution < -0.4 is 10.2 Å². The number of para-hydroxylation sites is 3. The highest BCUT2D eigenvalue weighted by atomic mass is 15.1. The topological polar surface area (TPSA) is 15.3 Å². The largest absolute Gasteiger partial charge is 0.355 e. The fourth-order valence-electron chi connectivity index (χ4n) is 4.12. The molecule has 0 saturated heterocycles. The summed E-state index contributed by atoms with van der Waals surface area (Å²) in [5.74, 6) is 0. The van der Waals surface area contributed by atoms with Crippen LogP contribution in [0.25, 0.3) is 11.1 Å². The predicted molar refractivity (Wildman–Crippen MR) is 149 cm³/mol. The molecular formula is C32H30N2. The van der Waals surface area contributed by atoms with E-state index in [1.54, 1.807) is 0 Å². The van der Waals surface area contributed by atoms with E-state index in [4.69, 9.17) is 0 Å². The van der Waals surface area contributed by atoms with Crippen LogP contribution in [0, 0.1) is 6.92 Å². The highest BCUT2D eigenvalue weighted by Gasteiger charge is 2.12. The number of aryl methyl sites for hydroxylation is 1. The Hall–Kier alpha value is -4.30. The van der Waals surface area contributed by atoms with E-state index < -0.39 is 0 Å². The zero-order valence-corrected chi connectivity index (χ0v) is 19.8. The average Bonchev–Trinajstić information content (AvgIpc) is 2.86. The molecule has 0 bridgehead atoms. The molecule has 0 amide bonds. The maximum atomic E-state index is 4.43. The lowest BCUT2D eigenvalue weighted by molar-refractivity contribution is 1.28. The van der Waals surface area contributed by atoms with Gasteiger partial charge < -0.3 is 10.2 Å². The van der Waals surface area contributed by atoms with Gasteiger partial charge in [-0.2, -0.15) is 0 Å². The van der Waals surface area contributed by atoms with Gasteiger partial charge in [-0.15, -0.1) is 0 Å². The van der Waals surface area contributed by atoms with Crippen molar-refractivity contribution in [1.29, 1.82) is 0 Å². The summed E-state index contributed by atoms with van der Waals surface area (Å²) in [5.41, 5.74) is 9.77. The molecule has 2 heteroatoms. The second-order valence-corrected chi connectivity index (χ2v) is 8.30. The van der Waals surface area contributed by atoms with Crippen LogP contribution in [0.2, 0.25) is 0 Å². The van der Waals surface area contributed by atoms with Crippen molar-refractivity contribution in [2.75, 3.05) is 10.2 Å². The lowest BCUT2D eigenvalue weighted by Gasteiger charge is -2.23. The average molecular weight is 443 g/mol. The Morgan fingerprint density at radius 1 is 0.794 bits per heavy atom. The predicted octanol–water partition coefficient (Wildman–Crippen LogP) is 9.14. The highest BCUT2D eigenvalue weighted by molar-refractivity contribution is 5.91. The lowest BCUT2D eigenvalue weighted by atomic mass is 9.98. The molecule has 0 heterocycles. The van der Waals surface area contributed by atoms with E-state index in [9.17, 15) is 0 Å². The molecule has 4 rings (SSSR count). The van der Waals surface area contributed by atoms with E-state index in [2.05, 4.69) is 116 Å². The Morgan fingerprint density at radius 2 is 1.47 bits per heavy atom. The van der Waals surface area contributed by atoms with Crippen molar-refractivity contribution < 1.29 is 0 Å². The molecule has 0 unspecified atom stereocenters. The molecule has 0 atom stereocenters. The molecule has 4 aromatic carbocycles. The fourth-order valence-corrected chi connectivity index (χ4v) is 4.12. The quantitative estimate of drug-likeness (QED) is 0.274. The van der Waals surface area contributed by atoms with Crippen molar-refractivity contribution in [1.82, 2.24) is 0 Å². The minimum atomic E-state index is 0.946.